The van der Waals surface area contributed by atoms with Crippen molar-refractivity contribution < 1.29 is 27.0 Å². The number of hydrogen-bond acceptors (Lipinski definition) is 9. The van der Waals surface area contributed by atoms with Gasteiger partial charge in [-0.25, -0.2) is 4.98 Å². The van der Waals surface area contributed by atoms with Crippen LogP contribution < -0.4 is 20.7 Å². The lowest BCUT2D eigenvalue weighted by molar-refractivity contribution is 0.0936. The zero-order valence-corrected chi connectivity index (χ0v) is 18.7. The van der Waals surface area contributed by atoms with Gasteiger partial charge in [0.2, 0.25) is 6.79 Å². The molecule has 0 spiro atoms. The van der Waals surface area contributed by atoms with Gasteiger partial charge >= 0.3 is 10.1 Å². The summed E-state index contributed by atoms with van der Waals surface area (Å²) in [7, 11) is -3.98. The van der Waals surface area contributed by atoms with Crippen molar-refractivity contribution in [3.8, 4) is 11.5 Å². The molecule has 9 nitrogen and oxygen atoms in total. The van der Waals surface area contributed by atoms with Crippen molar-refractivity contribution >= 4 is 27.4 Å². The van der Waals surface area contributed by atoms with Crippen LogP contribution in [0.5, 0.6) is 11.5 Å². The highest BCUT2D eigenvalue weighted by Crippen LogP contribution is 2.33. The Morgan fingerprint density at radius 2 is 1.97 bits per heavy atom. The minimum absolute atomic E-state index is 0.0489. The van der Waals surface area contributed by atoms with Crippen molar-refractivity contribution in [1.82, 2.24) is 10.3 Å². The van der Waals surface area contributed by atoms with E-state index in [9.17, 15) is 13.2 Å². The fourth-order valence-corrected chi connectivity index (χ4v) is 4.74. The van der Waals surface area contributed by atoms with Crippen LogP contribution in [0.2, 0.25) is 0 Å². The van der Waals surface area contributed by atoms with Crippen molar-refractivity contribution in [3.63, 3.8) is 0 Å². The second kappa shape index (κ2) is 9.25. The number of thiazole rings is 1. The highest BCUT2D eigenvalue weighted by atomic mass is 32.2. The topological polar surface area (TPSA) is 130 Å². The van der Waals surface area contributed by atoms with Gasteiger partial charge in [-0.2, -0.15) is 18.6 Å². The fourth-order valence-electron chi connectivity index (χ4n) is 3.21. The van der Waals surface area contributed by atoms with Gasteiger partial charge in [-0.3, -0.25) is 4.79 Å². The summed E-state index contributed by atoms with van der Waals surface area (Å²) in [6.07, 6.45) is 1.20. The maximum Gasteiger partial charge on any atom is 0.312 e. The third kappa shape index (κ3) is 4.75. The molecule has 1 aliphatic heterocycles. The van der Waals surface area contributed by atoms with Gasteiger partial charge < -0.3 is 14.8 Å². The molecule has 11 heteroatoms. The molecule has 0 saturated carbocycles. The van der Waals surface area contributed by atoms with Crippen LogP contribution in [0.4, 0.5) is 0 Å². The van der Waals surface area contributed by atoms with Gasteiger partial charge in [-0.05, 0) is 48.7 Å². The van der Waals surface area contributed by atoms with E-state index in [1.165, 1.54) is 23.5 Å². The largest absolute Gasteiger partial charge is 0.454 e. The van der Waals surface area contributed by atoms with Crippen molar-refractivity contribution in [2.24, 2.45) is 5.90 Å². The first-order valence-corrected chi connectivity index (χ1v) is 12.1. The molecule has 168 valence electrons. The molecule has 0 unspecified atom stereocenters. The first-order chi connectivity index (χ1) is 15.4. The predicted molar refractivity (Wildman–Crippen MR) is 117 cm³/mol. The van der Waals surface area contributed by atoms with Crippen molar-refractivity contribution in [3.05, 3.63) is 69.7 Å². The quantitative estimate of drug-likeness (QED) is 0.476. The molecule has 1 aromatic heterocycles. The number of carbonyl (C=O) groups excluding carboxylic acids is 1. The van der Waals surface area contributed by atoms with E-state index in [4.69, 9.17) is 15.4 Å². The minimum atomic E-state index is -3.98. The maximum absolute atomic E-state index is 13.0. The van der Waals surface area contributed by atoms with E-state index < -0.39 is 16.2 Å². The Morgan fingerprint density at radius 3 is 2.66 bits per heavy atom. The molecule has 0 bridgehead atoms. The third-order valence-electron chi connectivity index (χ3n) is 4.95. The van der Waals surface area contributed by atoms with Crippen LogP contribution in [0.25, 0.3) is 0 Å². The SMILES string of the molecule is CCc1csc([C@H](Cc2ccc(S(=O)(=O)ON)cc2)NC(=O)c2ccc3c(c2)OCO3)n1. The monoisotopic (exact) mass is 475 g/mol. The summed E-state index contributed by atoms with van der Waals surface area (Å²) >= 11 is 1.47. The van der Waals surface area contributed by atoms with Gasteiger partial charge in [0.25, 0.3) is 5.91 Å². The number of nitrogens with two attached hydrogens (primary N) is 1. The molecule has 0 aliphatic carbocycles. The summed E-state index contributed by atoms with van der Waals surface area (Å²) < 4.78 is 38.2. The average molecular weight is 476 g/mol. The smallest absolute Gasteiger partial charge is 0.312 e. The average Bonchev–Trinajstić information content (AvgIpc) is 3.48. The van der Waals surface area contributed by atoms with Gasteiger partial charge in [-0.15, -0.1) is 11.3 Å². The van der Waals surface area contributed by atoms with Crippen LogP contribution >= 0.6 is 11.3 Å². The number of fused-ring (bicyclic) bond motifs is 1. The van der Waals surface area contributed by atoms with Gasteiger partial charge in [0.05, 0.1) is 16.6 Å². The van der Waals surface area contributed by atoms with Crippen molar-refractivity contribution in [1.29, 1.82) is 0 Å². The summed E-state index contributed by atoms with van der Waals surface area (Å²) in [6.45, 7) is 2.14. The highest BCUT2D eigenvalue weighted by Gasteiger charge is 2.22. The van der Waals surface area contributed by atoms with Crippen LogP contribution in [0.15, 0.2) is 52.7 Å². The van der Waals surface area contributed by atoms with Crippen LogP contribution in [-0.2, 0) is 27.2 Å². The predicted octanol–water partition coefficient (Wildman–Crippen LogP) is 2.73. The number of ether oxygens (including phenoxy) is 2. The second-order valence-electron chi connectivity index (χ2n) is 7.02. The Labute approximate surface area is 189 Å². The lowest BCUT2D eigenvalue weighted by atomic mass is 10.1. The molecule has 0 radical (unpaired) electrons. The molecular formula is C21H21N3O6S2. The molecule has 32 heavy (non-hydrogen) atoms. The molecule has 4 rings (SSSR count). The number of aromatic nitrogens is 1. The Balaban J connectivity index is 1.57. The molecule has 1 aliphatic rings. The molecule has 3 aromatic rings. The summed E-state index contributed by atoms with van der Waals surface area (Å²) in [6, 6.07) is 10.7. The zero-order valence-electron chi connectivity index (χ0n) is 17.1. The summed E-state index contributed by atoms with van der Waals surface area (Å²) in [5, 5.41) is 5.76. The van der Waals surface area contributed by atoms with E-state index in [0.717, 1.165) is 22.7 Å². The number of nitrogens with one attached hydrogen (secondary N) is 1. The summed E-state index contributed by atoms with van der Waals surface area (Å²) in [4.78, 5) is 17.6. The first kappa shape index (κ1) is 22.2. The molecule has 2 aromatic carbocycles. The van der Waals surface area contributed by atoms with Crippen LogP contribution in [0, 0.1) is 0 Å². The number of carbonyl (C=O) groups is 1. The first-order valence-electron chi connectivity index (χ1n) is 9.76. The van der Waals surface area contributed by atoms with E-state index in [0.29, 0.717) is 23.5 Å². The number of benzene rings is 2. The van der Waals surface area contributed by atoms with Gasteiger partial charge in [-0.1, -0.05) is 19.1 Å². The van der Waals surface area contributed by atoms with Crippen LogP contribution in [-0.4, -0.2) is 26.1 Å². The molecule has 1 atom stereocenters. The van der Waals surface area contributed by atoms with E-state index >= 15 is 0 Å². The Kier molecular flexibility index (Phi) is 6.42. The standard InChI is InChI=1S/C21H21N3O6S2/c1-2-15-11-31-21(23-15)17(9-13-3-6-16(7-4-13)32(26,27)30-22)24-20(25)14-5-8-18-19(10-14)29-12-28-18/h3-8,10-11,17H,2,9,12,22H2,1H3,(H,24,25)/t17-/m0/s1. The van der Waals surface area contributed by atoms with Crippen molar-refractivity contribution in [2.45, 2.75) is 30.7 Å². The van der Waals surface area contributed by atoms with E-state index in [-0.39, 0.29) is 17.6 Å². The highest BCUT2D eigenvalue weighted by molar-refractivity contribution is 7.86. The third-order valence-corrected chi connectivity index (χ3v) is 7.06. The number of hydrogen-bond donors (Lipinski definition) is 2. The molecule has 2 heterocycles. The minimum Gasteiger partial charge on any atom is -0.454 e. The lowest BCUT2D eigenvalue weighted by Gasteiger charge is -2.17. The van der Waals surface area contributed by atoms with E-state index in [1.54, 1.807) is 30.3 Å². The summed E-state index contributed by atoms with van der Waals surface area (Å²) in [5.74, 6) is 5.68. The molecule has 0 fully saturated rings. The Hall–Kier alpha value is -2.99. The normalized spacial score (nSPS) is 13.7. The van der Waals surface area contributed by atoms with Crippen molar-refractivity contribution in [2.75, 3.05) is 6.79 Å². The number of nitrogens with zero attached hydrogens (tertiary/aromatic N) is 1. The Bertz CT molecular complexity index is 1220. The van der Waals surface area contributed by atoms with Gasteiger partial charge in [0.15, 0.2) is 11.5 Å². The number of amides is 1. The molecule has 1 amide bonds. The Morgan fingerprint density at radius 1 is 1.22 bits per heavy atom. The van der Waals surface area contributed by atoms with Crippen LogP contribution in [0.1, 0.15) is 39.6 Å². The zero-order chi connectivity index (χ0) is 22.7. The molecular weight excluding hydrogens is 454 g/mol. The molecule has 0 saturated heterocycles. The van der Waals surface area contributed by atoms with Gasteiger partial charge in [0.1, 0.15) is 5.01 Å². The van der Waals surface area contributed by atoms with E-state index in [1.807, 2.05) is 12.3 Å². The fraction of sp³-hybridized carbons (Fsp3) is 0.238. The lowest BCUT2D eigenvalue weighted by Crippen LogP contribution is -2.30. The van der Waals surface area contributed by atoms with E-state index in [2.05, 4.69) is 14.6 Å². The molecule has 3 N–H and O–H groups in total. The number of aryl methyl sites for hydroxylation is 1. The van der Waals surface area contributed by atoms with Gasteiger partial charge in [0, 0.05) is 10.9 Å². The number of rotatable bonds is 8. The van der Waals surface area contributed by atoms with Crippen LogP contribution in [0.3, 0.4) is 0 Å². The maximum atomic E-state index is 13.0. The summed E-state index contributed by atoms with van der Waals surface area (Å²) in [5.41, 5.74) is 2.19. The second-order valence-corrected chi connectivity index (χ2v) is 9.48.